The lowest BCUT2D eigenvalue weighted by molar-refractivity contribution is 0.0596. The first-order chi connectivity index (χ1) is 13.9. The first-order valence-electron chi connectivity index (χ1n) is 8.95. The van der Waals surface area contributed by atoms with Gasteiger partial charge in [0.1, 0.15) is 18.3 Å². The molecule has 3 aliphatic heterocycles. The van der Waals surface area contributed by atoms with E-state index in [1.807, 2.05) is 0 Å². The monoisotopic (exact) mass is 398 g/mol. The number of Topliss-reactive ketones (excluding diaryl/α,β-unsaturated/α-hetero) is 1. The highest BCUT2D eigenvalue weighted by Gasteiger charge is 2.77. The SMILES string of the molecule is COC(=O)c1cc(F)cc2c1C(=O)[C@@]1(C3=NCNN3C)[C@@H](c3ccc(F)cc3)N21. The van der Waals surface area contributed by atoms with Crippen LogP contribution >= 0.6 is 0 Å². The number of hydrogen-bond donors (Lipinski definition) is 1. The summed E-state index contributed by atoms with van der Waals surface area (Å²) in [5.41, 5.74) is 2.77. The van der Waals surface area contributed by atoms with E-state index in [9.17, 15) is 18.4 Å². The molecule has 2 aromatic rings. The van der Waals surface area contributed by atoms with Gasteiger partial charge in [-0.3, -0.25) is 14.8 Å². The van der Waals surface area contributed by atoms with Crippen molar-refractivity contribution in [2.75, 3.05) is 25.7 Å². The lowest BCUT2D eigenvalue weighted by Crippen LogP contribution is -2.46. The zero-order valence-corrected chi connectivity index (χ0v) is 15.6. The van der Waals surface area contributed by atoms with E-state index in [4.69, 9.17) is 4.74 Å². The summed E-state index contributed by atoms with van der Waals surface area (Å²) < 4.78 is 32.5. The van der Waals surface area contributed by atoms with Gasteiger partial charge in [-0.15, -0.1) is 0 Å². The van der Waals surface area contributed by atoms with Crippen LogP contribution in [0.15, 0.2) is 41.4 Å². The number of nitrogens with one attached hydrogen (secondary N) is 1. The maximum absolute atomic E-state index is 14.4. The molecule has 5 rings (SSSR count). The molecular weight excluding hydrogens is 382 g/mol. The van der Waals surface area contributed by atoms with Gasteiger partial charge >= 0.3 is 5.97 Å². The minimum atomic E-state index is -1.23. The molecule has 0 amide bonds. The van der Waals surface area contributed by atoms with E-state index in [2.05, 4.69) is 10.4 Å². The topological polar surface area (TPSA) is 74.0 Å². The van der Waals surface area contributed by atoms with Crippen molar-refractivity contribution in [3.8, 4) is 0 Å². The number of ketones is 1. The Labute approximate surface area is 164 Å². The number of halogens is 2. The number of hydrogen-bond acceptors (Lipinski definition) is 7. The molecule has 1 N–H and O–H groups in total. The number of carbonyl (C=O) groups is 2. The highest BCUT2D eigenvalue weighted by molar-refractivity contribution is 6.35. The number of esters is 1. The molecule has 2 atom stereocenters. The molecule has 0 bridgehead atoms. The number of fused-ring (bicyclic) bond motifs is 3. The standard InChI is InChI=1S/C20H16F2N4O3/c1-25-19(23-9-24-25)20-16(10-3-5-11(21)6-4-10)26(20)14-8-12(22)7-13(18(28)29-2)15(14)17(20)27/h3-8,16,24H,9H2,1-2H3/t16-,20-,26?/m1/s1. The summed E-state index contributed by atoms with van der Waals surface area (Å²) in [5, 5.41) is 1.65. The molecular formula is C20H16F2N4O3. The molecule has 7 nitrogen and oxygen atoms in total. The molecule has 3 aliphatic rings. The van der Waals surface area contributed by atoms with Gasteiger partial charge in [-0.05, 0) is 29.8 Å². The molecule has 9 heteroatoms. The number of likely N-dealkylation sites (N-methyl/N-ethyl adjacent to an activating group) is 1. The van der Waals surface area contributed by atoms with Gasteiger partial charge < -0.3 is 9.64 Å². The van der Waals surface area contributed by atoms with Crippen molar-refractivity contribution in [1.82, 2.24) is 10.4 Å². The lowest BCUT2D eigenvalue weighted by atomic mass is 9.88. The maximum atomic E-state index is 14.4. The fraction of sp³-hybridized carbons (Fsp3) is 0.250. The van der Waals surface area contributed by atoms with Crippen LogP contribution in [0.1, 0.15) is 32.3 Å². The molecule has 0 unspecified atom stereocenters. The van der Waals surface area contributed by atoms with Crippen LogP contribution < -0.4 is 10.3 Å². The summed E-state index contributed by atoms with van der Waals surface area (Å²) in [5.74, 6) is -1.74. The van der Waals surface area contributed by atoms with Gasteiger partial charge in [0, 0.05) is 7.05 Å². The van der Waals surface area contributed by atoms with Gasteiger partial charge in [0.15, 0.2) is 11.4 Å². The van der Waals surface area contributed by atoms with Crippen molar-refractivity contribution in [3.63, 3.8) is 0 Å². The Morgan fingerprint density at radius 2 is 1.97 bits per heavy atom. The molecule has 0 radical (unpaired) electrons. The minimum Gasteiger partial charge on any atom is -0.465 e. The first kappa shape index (κ1) is 17.7. The molecule has 0 spiro atoms. The summed E-state index contributed by atoms with van der Waals surface area (Å²) in [6.07, 6.45) is 0. The predicted molar refractivity (Wildman–Crippen MR) is 99.6 cm³/mol. The van der Waals surface area contributed by atoms with Gasteiger partial charge in [-0.1, -0.05) is 12.1 Å². The predicted octanol–water partition coefficient (Wildman–Crippen LogP) is 2.05. The third-order valence-electron chi connectivity index (χ3n) is 5.67. The molecule has 0 aromatic heterocycles. The van der Waals surface area contributed by atoms with Crippen LogP contribution in [-0.2, 0) is 4.74 Å². The molecule has 148 valence electrons. The molecule has 1 fully saturated rings. The number of anilines is 1. The second kappa shape index (κ2) is 5.84. The number of nitrogens with zero attached hydrogens (tertiary/aromatic N) is 3. The third-order valence-corrected chi connectivity index (χ3v) is 5.67. The van der Waals surface area contributed by atoms with Crippen LogP contribution in [0, 0.1) is 11.6 Å². The minimum absolute atomic E-state index is 0.111. The second-order valence-electron chi connectivity index (χ2n) is 7.12. The lowest BCUT2D eigenvalue weighted by Gasteiger charge is -2.20. The zero-order valence-electron chi connectivity index (χ0n) is 15.6. The van der Waals surface area contributed by atoms with Gasteiger partial charge in [0.25, 0.3) is 0 Å². The quantitative estimate of drug-likeness (QED) is 0.630. The largest absolute Gasteiger partial charge is 0.465 e. The van der Waals surface area contributed by atoms with Crippen molar-refractivity contribution in [3.05, 3.63) is 64.7 Å². The van der Waals surface area contributed by atoms with Crippen LogP contribution in [0.5, 0.6) is 0 Å². The van der Waals surface area contributed by atoms with Gasteiger partial charge in [-0.25, -0.2) is 19.0 Å². The van der Waals surface area contributed by atoms with E-state index in [1.54, 1.807) is 29.1 Å². The smallest absolute Gasteiger partial charge is 0.338 e. The molecule has 2 aromatic carbocycles. The van der Waals surface area contributed by atoms with E-state index in [0.717, 1.165) is 6.07 Å². The summed E-state index contributed by atoms with van der Waals surface area (Å²) in [6, 6.07) is 7.56. The van der Waals surface area contributed by atoms with E-state index < -0.39 is 29.2 Å². The fourth-order valence-electron chi connectivity index (χ4n) is 4.48. The Balaban J connectivity index is 1.73. The first-order valence-corrected chi connectivity index (χ1v) is 8.95. The number of carbonyl (C=O) groups excluding carboxylic acids is 2. The molecule has 0 saturated carbocycles. The van der Waals surface area contributed by atoms with E-state index in [1.165, 1.54) is 25.3 Å². The third kappa shape index (κ3) is 2.16. The number of amidine groups is 1. The summed E-state index contributed by atoms with van der Waals surface area (Å²) in [4.78, 5) is 32.1. The Morgan fingerprint density at radius 1 is 1.24 bits per heavy atom. The van der Waals surface area contributed by atoms with E-state index >= 15 is 0 Å². The van der Waals surface area contributed by atoms with Crippen molar-refractivity contribution in [1.29, 1.82) is 0 Å². The van der Waals surface area contributed by atoms with Crippen LogP contribution in [-0.4, -0.2) is 49.0 Å². The van der Waals surface area contributed by atoms with Gasteiger partial charge in [0.2, 0.25) is 5.78 Å². The van der Waals surface area contributed by atoms with Crippen LogP contribution in [0.4, 0.5) is 14.5 Å². The highest BCUT2D eigenvalue weighted by Crippen LogP contribution is 2.64. The van der Waals surface area contributed by atoms with Gasteiger partial charge in [-0.2, -0.15) is 0 Å². The van der Waals surface area contributed by atoms with Crippen molar-refractivity contribution in [2.24, 2.45) is 4.99 Å². The normalized spacial score (nSPS) is 24.3. The number of benzene rings is 2. The highest BCUT2D eigenvalue weighted by atomic mass is 19.1. The van der Waals surface area contributed by atoms with Crippen molar-refractivity contribution >= 4 is 23.3 Å². The molecule has 0 aliphatic carbocycles. The number of aliphatic imine (C=N–C) groups is 1. The van der Waals surface area contributed by atoms with Gasteiger partial charge in [0.05, 0.1) is 30.0 Å². The van der Waals surface area contributed by atoms with Crippen molar-refractivity contribution < 1.29 is 23.1 Å². The Bertz CT molecular complexity index is 1100. The summed E-state index contributed by atoms with van der Waals surface area (Å²) in [7, 11) is 2.91. The Kier molecular flexibility index (Phi) is 3.57. The van der Waals surface area contributed by atoms with Crippen LogP contribution in [0.25, 0.3) is 0 Å². The van der Waals surface area contributed by atoms with Crippen molar-refractivity contribution in [2.45, 2.75) is 11.6 Å². The van der Waals surface area contributed by atoms with E-state index in [0.29, 0.717) is 23.8 Å². The average molecular weight is 398 g/mol. The van der Waals surface area contributed by atoms with E-state index in [-0.39, 0.29) is 16.9 Å². The Morgan fingerprint density at radius 3 is 2.59 bits per heavy atom. The number of rotatable bonds is 3. The summed E-state index contributed by atoms with van der Waals surface area (Å²) >= 11 is 0. The number of hydrazine groups is 1. The fourth-order valence-corrected chi connectivity index (χ4v) is 4.48. The number of ether oxygens (including phenoxy) is 1. The van der Waals surface area contributed by atoms with Crippen LogP contribution in [0.3, 0.4) is 0 Å². The molecule has 3 heterocycles. The summed E-state index contributed by atoms with van der Waals surface area (Å²) in [6.45, 7) is 0.291. The second-order valence-corrected chi connectivity index (χ2v) is 7.12. The number of methoxy groups -OCH3 is 1. The molecule has 1 saturated heterocycles. The van der Waals surface area contributed by atoms with Crippen LogP contribution in [0.2, 0.25) is 0 Å². The Hall–Kier alpha value is -3.33. The molecule has 29 heavy (non-hydrogen) atoms. The maximum Gasteiger partial charge on any atom is 0.338 e. The zero-order chi connectivity index (χ0) is 20.5. The average Bonchev–Trinajstić information content (AvgIpc) is 3.09.